The molecule has 138 valence electrons. The molecule has 3 aliphatic rings. The summed E-state index contributed by atoms with van der Waals surface area (Å²) in [5.41, 5.74) is -0.581. The highest BCUT2D eigenvalue weighted by atomic mass is 16.6. The fraction of sp³-hybridized carbons (Fsp3) is 0.667. The zero-order valence-electron chi connectivity index (χ0n) is 14.8. The lowest BCUT2D eigenvalue weighted by Crippen LogP contribution is -2.44. The standard InChI is InChI=1S/C18H25NO6/c1-4-11-7-10(2)18(3,23)17(22)24-9-12-5-6-19-8-13(25-16(11)21)15(20)14(12)19/h4-5,10,13-15,20,23H,6-9H2,1-3H3/b11-4+/t10-,13-,14?,15-,18-/m1/s1. The molecule has 0 amide bonds. The Kier molecular flexibility index (Phi) is 4.74. The second kappa shape index (κ2) is 6.55. The molecule has 0 saturated carbocycles. The van der Waals surface area contributed by atoms with Crippen molar-refractivity contribution in [3.05, 3.63) is 23.3 Å². The van der Waals surface area contributed by atoms with Crippen molar-refractivity contribution in [2.75, 3.05) is 19.7 Å². The summed E-state index contributed by atoms with van der Waals surface area (Å²) in [6.45, 7) is 5.85. The Balaban J connectivity index is 1.92. The number of cyclic esters (lactones) is 1. The molecular formula is C18H25NO6. The van der Waals surface area contributed by atoms with Gasteiger partial charge in [-0.2, -0.15) is 0 Å². The van der Waals surface area contributed by atoms with Crippen LogP contribution in [-0.4, -0.2) is 70.6 Å². The molecule has 25 heavy (non-hydrogen) atoms. The Labute approximate surface area is 146 Å². The minimum absolute atomic E-state index is 0.0110. The van der Waals surface area contributed by atoms with Gasteiger partial charge in [-0.3, -0.25) is 4.90 Å². The first-order valence-electron chi connectivity index (χ1n) is 8.62. The predicted octanol–water partition coefficient (Wildman–Crippen LogP) is 0.164. The molecule has 0 aromatic heterocycles. The van der Waals surface area contributed by atoms with Gasteiger partial charge in [-0.05, 0) is 31.8 Å². The summed E-state index contributed by atoms with van der Waals surface area (Å²) in [6, 6.07) is -0.331. The van der Waals surface area contributed by atoms with Crippen molar-refractivity contribution in [1.29, 1.82) is 0 Å². The van der Waals surface area contributed by atoms with Crippen LogP contribution in [0, 0.1) is 5.92 Å². The molecule has 0 spiro atoms. The Morgan fingerprint density at radius 3 is 2.80 bits per heavy atom. The third kappa shape index (κ3) is 3.12. The molecule has 3 rings (SSSR count). The molecule has 1 unspecified atom stereocenters. The first-order valence-corrected chi connectivity index (χ1v) is 8.62. The molecule has 2 saturated heterocycles. The van der Waals surface area contributed by atoms with Gasteiger partial charge in [-0.1, -0.05) is 19.1 Å². The topological polar surface area (TPSA) is 96.3 Å². The second-order valence-corrected chi connectivity index (χ2v) is 7.25. The summed E-state index contributed by atoms with van der Waals surface area (Å²) in [4.78, 5) is 26.9. The number of carbonyl (C=O) groups is 2. The predicted molar refractivity (Wildman–Crippen MR) is 88.5 cm³/mol. The van der Waals surface area contributed by atoms with Gasteiger partial charge in [0.05, 0.1) is 6.04 Å². The van der Waals surface area contributed by atoms with Crippen molar-refractivity contribution in [1.82, 2.24) is 4.90 Å². The van der Waals surface area contributed by atoms with Gasteiger partial charge in [0.1, 0.15) is 18.8 Å². The summed E-state index contributed by atoms with van der Waals surface area (Å²) < 4.78 is 10.9. The first-order chi connectivity index (χ1) is 11.8. The van der Waals surface area contributed by atoms with E-state index in [9.17, 15) is 19.8 Å². The van der Waals surface area contributed by atoms with E-state index in [0.29, 0.717) is 18.7 Å². The number of fused-ring (bicyclic) bond motifs is 1. The Morgan fingerprint density at radius 2 is 2.12 bits per heavy atom. The number of aliphatic hydroxyl groups is 2. The van der Waals surface area contributed by atoms with Crippen molar-refractivity contribution in [3.63, 3.8) is 0 Å². The number of carbonyl (C=O) groups excluding carboxylic acids is 2. The van der Waals surface area contributed by atoms with Crippen LogP contribution in [-0.2, 0) is 19.1 Å². The molecule has 7 heteroatoms. The van der Waals surface area contributed by atoms with Crippen molar-refractivity contribution >= 4 is 11.9 Å². The van der Waals surface area contributed by atoms with Crippen LogP contribution >= 0.6 is 0 Å². The van der Waals surface area contributed by atoms with Crippen LogP contribution in [0.4, 0.5) is 0 Å². The number of aliphatic hydroxyl groups excluding tert-OH is 1. The van der Waals surface area contributed by atoms with Gasteiger partial charge in [0.15, 0.2) is 5.60 Å². The van der Waals surface area contributed by atoms with Crippen LogP contribution in [0.25, 0.3) is 0 Å². The average molecular weight is 351 g/mol. The minimum Gasteiger partial charge on any atom is -0.459 e. The van der Waals surface area contributed by atoms with Crippen molar-refractivity contribution in [3.8, 4) is 0 Å². The maximum atomic E-state index is 12.5. The SMILES string of the molecule is C/C=C1\C[C@@H](C)[C@@](C)(O)C(=O)OCC2=CCN3C[C@@H](OC1=O)[C@@H](O)C23. The summed E-state index contributed by atoms with van der Waals surface area (Å²) in [7, 11) is 0. The monoisotopic (exact) mass is 351 g/mol. The van der Waals surface area contributed by atoms with E-state index in [0.717, 1.165) is 5.57 Å². The maximum absolute atomic E-state index is 12.5. The smallest absolute Gasteiger partial charge is 0.338 e. The molecule has 2 N–H and O–H groups in total. The fourth-order valence-electron chi connectivity index (χ4n) is 3.68. The lowest BCUT2D eigenvalue weighted by Gasteiger charge is -2.29. The highest BCUT2D eigenvalue weighted by molar-refractivity contribution is 5.89. The van der Waals surface area contributed by atoms with Gasteiger partial charge in [-0.25, -0.2) is 9.59 Å². The van der Waals surface area contributed by atoms with E-state index in [-0.39, 0.29) is 19.1 Å². The second-order valence-electron chi connectivity index (χ2n) is 7.25. The van der Waals surface area contributed by atoms with E-state index in [1.807, 2.05) is 11.0 Å². The van der Waals surface area contributed by atoms with E-state index in [2.05, 4.69) is 0 Å². The van der Waals surface area contributed by atoms with Crippen molar-refractivity contribution in [2.24, 2.45) is 5.92 Å². The van der Waals surface area contributed by atoms with Gasteiger partial charge < -0.3 is 19.7 Å². The van der Waals surface area contributed by atoms with Crippen molar-refractivity contribution < 1.29 is 29.3 Å². The molecule has 5 atom stereocenters. The average Bonchev–Trinajstić information content (AvgIpc) is 3.09. The number of allylic oxidation sites excluding steroid dienone is 1. The summed E-state index contributed by atoms with van der Waals surface area (Å²) in [6.07, 6.45) is 2.22. The molecule has 0 aromatic carbocycles. The van der Waals surface area contributed by atoms with Gasteiger partial charge in [0.25, 0.3) is 0 Å². The van der Waals surface area contributed by atoms with E-state index >= 15 is 0 Å². The van der Waals surface area contributed by atoms with E-state index in [1.54, 1.807) is 19.9 Å². The summed E-state index contributed by atoms with van der Waals surface area (Å²) in [5.74, 6) is -1.78. The zero-order valence-corrected chi connectivity index (χ0v) is 14.8. The molecular weight excluding hydrogens is 326 g/mol. The van der Waals surface area contributed by atoms with Crippen LogP contribution in [0.3, 0.4) is 0 Å². The Hall–Kier alpha value is -1.70. The molecule has 7 nitrogen and oxygen atoms in total. The number of esters is 2. The number of hydrogen-bond donors (Lipinski definition) is 2. The highest BCUT2D eigenvalue weighted by Gasteiger charge is 2.48. The minimum atomic E-state index is -1.72. The van der Waals surface area contributed by atoms with Crippen LogP contribution < -0.4 is 0 Å². The van der Waals surface area contributed by atoms with E-state index < -0.39 is 35.7 Å². The summed E-state index contributed by atoms with van der Waals surface area (Å²) in [5, 5.41) is 21.2. The van der Waals surface area contributed by atoms with E-state index in [1.165, 1.54) is 6.92 Å². The van der Waals surface area contributed by atoms with Gasteiger partial charge in [-0.15, -0.1) is 0 Å². The molecule has 0 aromatic rings. The quantitative estimate of drug-likeness (QED) is 0.365. The molecule has 0 aliphatic carbocycles. The van der Waals surface area contributed by atoms with Crippen LogP contribution in [0.1, 0.15) is 27.2 Å². The number of hydrogen-bond acceptors (Lipinski definition) is 7. The largest absolute Gasteiger partial charge is 0.459 e. The first kappa shape index (κ1) is 18.1. The lowest BCUT2D eigenvalue weighted by molar-refractivity contribution is -0.168. The number of rotatable bonds is 0. The zero-order chi connectivity index (χ0) is 18.4. The van der Waals surface area contributed by atoms with Crippen LogP contribution in [0.2, 0.25) is 0 Å². The third-order valence-electron chi connectivity index (χ3n) is 5.62. The van der Waals surface area contributed by atoms with Gasteiger partial charge >= 0.3 is 11.9 Å². The maximum Gasteiger partial charge on any atom is 0.338 e. The van der Waals surface area contributed by atoms with Gasteiger partial charge in [0.2, 0.25) is 0 Å². The number of ether oxygens (including phenoxy) is 2. The molecule has 0 radical (unpaired) electrons. The fourth-order valence-corrected chi connectivity index (χ4v) is 3.68. The van der Waals surface area contributed by atoms with Crippen molar-refractivity contribution in [2.45, 2.75) is 51.0 Å². The lowest BCUT2D eigenvalue weighted by atomic mass is 9.85. The molecule has 3 aliphatic heterocycles. The van der Waals surface area contributed by atoms with Crippen LogP contribution in [0.15, 0.2) is 23.3 Å². The van der Waals surface area contributed by atoms with Gasteiger partial charge in [0, 0.05) is 18.7 Å². The third-order valence-corrected chi connectivity index (χ3v) is 5.62. The molecule has 2 bridgehead atoms. The number of nitrogens with zero attached hydrogens (tertiary/aromatic N) is 1. The van der Waals surface area contributed by atoms with Crippen LogP contribution in [0.5, 0.6) is 0 Å². The van der Waals surface area contributed by atoms with E-state index in [4.69, 9.17) is 9.47 Å². The molecule has 2 fully saturated rings. The Bertz CT molecular complexity index is 637. The molecule has 3 heterocycles. The highest BCUT2D eigenvalue weighted by Crippen LogP contribution is 2.33. The Morgan fingerprint density at radius 1 is 1.40 bits per heavy atom. The summed E-state index contributed by atoms with van der Waals surface area (Å²) >= 11 is 0. The normalized spacial score (nSPS) is 41.5.